The fraction of sp³-hybridized carbons (Fsp3) is 0.0455. The van der Waals surface area contributed by atoms with E-state index in [1.165, 1.54) is 10.8 Å². The van der Waals surface area contributed by atoms with Gasteiger partial charge in [-0.15, -0.1) is 0 Å². The quantitative estimate of drug-likeness (QED) is 0.467. The molecule has 0 aliphatic rings. The summed E-state index contributed by atoms with van der Waals surface area (Å²) >= 11 is 0. The molecule has 142 valence electrons. The van der Waals surface area contributed by atoms with E-state index >= 15 is 0 Å². The van der Waals surface area contributed by atoms with Gasteiger partial charge in [-0.3, -0.25) is 14.3 Å². The van der Waals surface area contributed by atoms with Crippen molar-refractivity contribution in [1.82, 2.24) is 9.55 Å². The van der Waals surface area contributed by atoms with Crippen molar-refractivity contribution < 1.29 is 18.0 Å². The van der Waals surface area contributed by atoms with Gasteiger partial charge in [-0.05, 0) is 48.0 Å². The van der Waals surface area contributed by atoms with Gasteiger partial charge in [-0.25, -0.2) is 0 Å². The number of halogens is 3. The molecule has 0 amide bonds. The first-order chi connectivity index (χ1) is 13.9. The van der Waals surface area contributed by atoms with E-state index in [2.05, 4.69) is 11.1 Å². The van der Waals surface area contributed by atoms with Gasteiger partial charge in [-0.2, -0.15) is 18.4 Å². The molecule has 0 N–H and O–H groups in total. The highest BCUT2D eigenvalue weighted by Gasteiger charge is 2.30. The Labute approximate surface area is 163 Å². The van der Waals surface area contributed by atoms with Crippen LogP contribution in [0.15, 0.2) is 73.2 Å². The normalized spacial score (nSPS) is 11.4. The van der Waals surface area contributed by atoms with E-state index in [-0.39, 0.29) is 5.56 Å². The summed E-state index contributed by atoms with van der Waals surface area (Å²) in [5, 5.41) is 9.71. The standard InChI is InChI=1S/C22H12F3N3O/c23-22(24,25)17-7-5-16(6-8-17)21(29)28-10-9-18-19(12-27-13-20(18)28)15-3-1-14(11-26)2-4-15/h1-10,12-13H. The lowest BCUT2D eigenvalue weighted by atomic mass is 10.0. The van der Waals surface area contributed by atoms with Crippen LogP contribution in [0.3, 0.4) is 0 Å². The maximum Gasteiger partial charge on any atom is 0.416 e. The molecule has 0 unspecified atom stereocenters. The fourth-order valence-electron chi connectivity index (χ4n) is 3.13. The van der Waals surface area contributed by atoms with Gasteiger partial charge in [0.05, 0.1) is 28.9 Å². The highest BCUT2D eigenvalue weighted by molar-refractivity contribution is 6.05. The van der Waals surface area contributed by atoms with E-state index in [0.29, 0.717) is 11.1 Å². The molecule has 0 aliphatic carbocycles. The number of pyridine rings is 1. The summed E-state index contributed by atoms with van der Waals surface area (Å²) in [4.78, 5) is 17.0. The first-order valence-electron chi connectivity index (χ1n) is 8.56. The summed E-state index contributed by atoms with van der Waals surface area (Å²) in [5.74, 6) is -0.451. The lowest BCUT2D eigenvalue weighted by Crippen LogP contribution is -2.12. The molecule has 0 radical (unpaired) electrons. The second kappa shape index (κ2) is 6.91. The molecule has 0 aliphatic heterocycles. The Morgan fingerprint density at radius 2 is 1.66 bits per heavy atom. The summed E-state index contributed by atoms with van der Waals surface area (Å²) < 4.78 is 39.6. The van der Waals surface area contributed by atoms with Crippen LogP contribution in [0, 0.1) is 11.3 Å². The summed E-state index contributed by atoms with van der Waals surface area (Å²) in [6.07, 6.45) is 0.308. The number of rotatable bonds is 2. The Bertz CT molecular complexity index is 1250. The van der Waals surface area contributed by atoms with Gasteiger partial charge < -0.3 is 0 Å². The number of benzene rings is 2. The maximum atomic E-state index is 12.8. The number of hydrogen-bond donors (Lipinski definition) is 0. The largest absolute Gasteiger partial charge is 0.416 e. The van der Waals surface area contributed by atoms with Gasteiger partial charge in [0.25, 0.3) is 5.91 Å². The van der Waals surface area contributed by atoms with Crippen molar-refractivity contribution in [1.29, 1.82) is 5.26 Å². The minimum absolute atomic E-state index is 0.138. The minimum Gasteiger partial charge on any atom is -0.282 e. The fourth-order valence-corrected chi connectivity index (χ4v) is 3.13. The molecular weight excluding hydrogens is 379 g/mol. The van der Waals surface area contributed by atoms with Crippen LogP contribution in [0.4, 0.5) is 13.2 Å². The van der Waals surface area contributed by atoms with E-state index in [4.69, 9.17) is 5.26 Å². The Morgan fingerprint density at radius 1 is 0.966 bits per heavy atom. The molecule has 29 heavy (non-hydrogen) atoms. The molecule has 2 heterocycles. The van der Waals surface area contributed by atoms with Gasteiger partial charge >= 0.3 is 6.18 Å². The van der Waals surface area contributed by atoms with Crippen molar-refractivity contribution in [3.8, 4) is 17.2 Å². The van der Waals surface area contributed by atoms with Crippen molar-refractivity contribution in [2.75, 3.05) is 0 Å². The van der Waals surface area contributed by atoms with Gasteiger partial charge in [0, 0.05) is 28.9 Å². The van der Waals surface area contributed by atoms with Crippen molar-refractivity contribution >= 4 is 16.8 Å². The van der Waals surface area contributed by atoms with Crippen molar-refractivity contribution in [2.45, 2.75) is 6.18 Å². The van der Waals surface area contributed by atoms with Crippen LogP contribution in [-0.4, -0.2) is 15.5 Å². The van der Waals surface area contributed by atoms with Crippen molar-refractivity contribution in [3.05, 3.63) is 89.9 Å². The van der Waals surface area contributed by atoms with Gasteiger partial charge in [0.2, 0.25) is 0 Å². The highest BCUT2D eigenvalue weighted by atomic mass is 19.4. The predicted molar refractivity (Wildman–Crippen MR) is 101 cm³/mol. The van der Waals surface area contributed by atoms with Crippen LogP contribution >= 0.6 is 0 Å². The van der Waals surface area contributed by atoms with Gasteiger partial charge in [-0.1, -0.05) is 12.1 Å². The highest BCUT2D eigenvalue weighted by Crippen LogP contribution is 2.31. The summed E-state index contributed by atoms with van der Waals surface area (Å²) in [5.41, 5.74) is 2.02. The number of hydrogen-bond acceptors (Lipinski definition) is 3. The SMILES string of the molecule is N#Cc1ccc(-c2cncc3c2ccn3C(=O)c2ccc(C(F)(F)F)cc2)cc1. The first kappa shape index (κ1) is 18.4. The van der Waals surface area contributed by atoms with Crippen LogP contribution in [0.25, 0.3) is 22.0 Å². The molecule has 0 atom stereocenters. The van der Waals surface area contributed by atoms with E-state index in [1.807, 2.05) is 0 Å². The summed E-state index contributed by atoms with van der Waals surface area (Å²) in [6.45, 7) is 0. The number of aromatic nitrogens is 2. The molecule has 0 saturated heterocycles. The van der Waals surface area contributed by atoms with Crippen LogP contribution in [-0.2, 0) is 6.18 Å². The average molecular weight is 391 g/mol. The molecule has 4 rings (SSSR count). The summed E-state index contributed by atoms with van der Waals surface area (Å²) in [7, 11) is 0. The third-order valence-electron chi connectivity index (χ3n) is 4.62. The lowest BCUT2D eigenvalue weighted by molar-refractivity contribution is -0.137. The first-order valence-corrected chi connectivity index (χ1v) is 8.56. The molecule has 7 heteroatoms. The molecule has 0 saturated carbocycles. The van der Waals surface area contributed by atoms with Crippen LogP contribution in [0.1, 0.15) is 21.5 Å². The second-order valence-corrected chi connectivity index (χ2v) is 6.38. The zero-order valence-electron chi connectivity index (χ0n) is 14.8. The molecule has 2 aromatic carbocycles. The molecule has 0 spiro atoms. The Morgan fingerprint density at radius 3 is 2.28 bits per heavy atom. The Hall–Kier alpha value is -3.92. The molecule has 4 nitrogen and oxygen atoms in total. The molecule has 0 bridgehead atoms. The van der Waals surface area contributed by atoms with Crippen LogP contribution in [0.2, 0.25) is 0 Å². The number of carbonyl (C=O) groups excluding carboxylic acids is 1. The zero-order valence-corrected chi connectivity index (χ0v) is 14.8. The van der Waals surface area contributed by atoms with Crippen molar-refractivity contribution in [2.24, 2.45) is 0 Å². The number of carbonyl (C=O) groups is 1. The van der Waals surface area contributed by atoms with Crippen LogP contribution < -0.4 is 0 Å². The van der Waals surface area contributed by atoms with Gasteiger partial charge in [0.1, 0.15) is 0 Å². The molecule has 4 aromatic rings. The van der Waals surface area contributed by atoms with E-state index in [0.717, 1.165) is 40.8 Å². The summed E-state index contributed by atoms with van der Waals surface area (Å²) in [6, 6.07) is 14.9. The molecular formula is C22H12F3N3O. The Balaban J connectivity index is 1.74. The Kier molecular flexibility index (Phi) is 4.40. The van der Waals surface area contributed by atoms with Crippen LogP contribution in [0.5, 0.6) is 0 Å². The monoisotopic (exact) mass is 391 g/mol. The maximum absolute atomic E-state index is 12.8. The number of nitrogens with zero attached hydrogens (tertiary/aromatic N) is 3. The van der Waals surface area contributed by atoms with E-state index in [1.54, 1.807) is 42.7 Å². The molecule has 2 aromatic heterocycles. The third-order valence-corrected chi connectivity index (χ3v) is 4.62. The second-order valence-electron chi connectivity index (χ2n) is 6.38. The smallest absolute Gasteiger partial charge is 0.282 e. The number of fused-ring (bicyclic) bond motifs is 1. The average Bonchev–Trinajstić information content (AvgIpc) is 3.17. The number of alkyl halides is 3. The number of nitriles is 1. The molecule has 0 fully saturated rings. The minimum atomic E-state index is -4.46. The predicted octanol–water partition coefficient (Wildman–Crippen LogP) is 5.28. The zero-order chi connectivity index (χ0) is 20.6. The topological polar surface area (TPSA) is 58.7 Å². The lowest BCUT2D eigenvalue weighted by Gasteiger charge is -2.09. The van der Waals surface area contributed by atoms with E-state index in [9.17, 15) is 18.0 Å². The van der Waals surface area contributed by atoms with E-state index < -0.39 is 17.6 Å². The third kappa shape index (κ3) is 3.36. The van der Waals surface area contributed by atoms with Crippen molar-refractivity contribution in [3.63, 3.8) is 0 Å². The van der Waals surface area contributed by atoms with Gasteiger partial charge in [0.15, 0.2) is 0 Å².